The van der Waals surface area contributed by atoms with Gasteiger partial charge in [0.15, 0.2) is 11.5 Å². The Bertz CT molecular complexity index is 1260. The van der Waals surface area contributed by atoms with Crippen LogP contribution in [0.5, 0.6) is 0 Å². The zero-order valence-corrected chi connectivity index (χ0v) is 19.5. The molecule has 2 aromatic rings. The Balaban J connectivity index is 1.58. The van der Waals surface area contributed by atoms with Crippen LogP contribution in [-0.4, -0.2) is 66.6 Å². The lowest BCUT2D eigenvalue weighted by molar-refractivity contribution is -0.115. The number of nitrogen functional groups attached to an aromatic ring is 1. The van der Waals surface area contributed by atoms with E-state index in [1.165, 1.54) is 24.1 Å². The molecule has 0 spiro atoms. The minimum absolute atomic E-state index is 0.0958. The van der Waals surface area contributed by atoms with Gasteiger partial charge in [0.05, 0.1) is 12.4 Å². The first kappa shape index (κ1) is 24.8. The minimum atomic E-state index is -5.73. The average Bonchev–Trinajstić information content (AvgIpc) is 2.91. The van der Waals surface area contributed by atoms with Gasteiger partial charge in [0, 0.05) is 5.92 Å². The molecule has 0 radical (unpaired) electrons. The summed E-state index contributed by atoms with van der Waals surface area (Å²) in [5.41, 5.74) is 2.20. The van der Waals surface area contributed by atoms with E-state index in [1.807, 2.05) is 0 Å². The van der Waals surface area contributed by atoms with Gasteiger partial charge >= 0.3 is 23.5 Å². The predicted molar refractivity (Wildman–Crippen MR) is 106 cm³/mol. The zero-order chi connectivity index (χ0) is 24.8. The SMILES string of the molecule is C[C@@H]1[C@@H](n2cnc3c(N)ncnc32)[C@](C)(O)[C@@]2(O)C(OP(=O)(O)OP(=O)(O)OP(=O)(O)O)[C@@H]12. The minimum Gasteiger partial charge on any atom is -0.385 e. The van der Waals surface area contributed by atoms with Crippen molar-refractivity contribution in [2.24, 2.45) is 11.8 Å². The number of phosphoric acid groups is 3. The van der Waals surface area contributed by atoms with E-state index in [2.05, 4.69) is 23.6 Å². The molecule has 3 unspecified atom stereocenters. The largest absolute Gasteiger partial charge is 0.490 e. The fourth-order valence-electron chi connectivity index (χ4n) is 4.80. The van der Waals surface area contributed by atoms with Crippen molar-refractivity contribution in [3.05, 3.63) is 12.7 Å². The van der Waals surface area contributed by atoms with E-state index in [1.54, 1.807) is 6.92 Å². The van der Waals surface area contributed by atoms with Crippen LogP contribution in [0.4, 0.5) is 5.82 Å². The van der Waals surface area contributed by atoms with Crippen LogP contribution in [0.1, 0.15) is 19.9 Å². The molecular weight excluding hydrogens is 511 g/mol. The van der Waals surface area contributed by atoms with E-state index in [0.717, 1.165) is 0 Å². The van der Waals surface area contributed by atoms with Crippen molar-refractivity contribution in [3.63, 3.8) is 0 Å². The highest BCUT2D eigenvalue weighted by Crippen LogP contribution is 2.74. The van der Waals surface area contributed by atoms with E-state index < -0.39 is 58.7 Å². The van der Waals surface area contributed by atoms with E-state index in [-0.39, 0.29) is 17.0 Å². The highest BCUT2D eigenvalue weighted by molar-refractivity contribution is 7.66. The number of nitrogens with zero attached hydrogens (tertiary/aromatic N) is 4. The van der Waals surface area contributed by atoms with Gasteiger partial charge < -0.3 is 40.1 Å². The number of nitrogens with two attached hydrogens (primary N) is 1. The van der Waals surface area contributed by atoms with E-state index >= 15 is 0 Å². The topological polar surface area (TPSA) is 270 Å². The summed E-state index contributed by atoms with van der Waals surface area (Å²) in [6, 6.07) is -0.854. The van der Waals surface area contributed by atoms with Gasteiger partial charge in [-0.05, 0) is 12.8 Å². The average molecular weight is 531 g/mol. The van der Waals surface area contributed by atoms with Gasteiger partial charge in [-0.3, -0.25) is 4.52 Å². The molecular formula is C13H20N5O12P3. The van der Waals surface area contributed by atoms with Crippen LogP contribution in [-0.2, 0) is 26.8 Å². The van der Waals surface area contributed by atoms with Crippen molar-refractivity contribution in [1.82, 2.24) is 19.5 Å². The Morgan fingerprint density at radius 3 is 2.24 bits per heavy atom. The summed E-state index contributed by atoms with van der Waals surface area (Å²) in [7, 11) is -16.8. The zero-order valence-electron chi connectivity index (χ0n) is 16.8. The maximum Gasteiger partial charge on any atom is 0.490 e. The van der Waals surface area contributed by atoms with Crippen molar-refractivity contribution in [2.45, 2.75) is 37.2 Å². The van der Waals surface area contributed by atoms with Crippen LogP contribution >= 0.6 is 23.5 Å². The number of aromatic nitrogens is 4. The van der Waals surface area contributed by atoms with Crippen molar-refractivity contribution >= 4 is 40.4 Å². The van der Waals surface area contributed by atoms with Crippen LogP contribution < -0.4 is 5.73 Å². The summed E-state index contributed by atoms with van der Waals surface area (Å²) < 4.78 is 48.1. The van der Waals surface area contributed by atoms with Gasteiger partial charge in [-0.1, -0.05) is 6.92 Å². The first-order chi connectivity index (χ1) is 14.9. The molecule has 8 atom stereocenters. The third kappa shape index (κ3) is 3.97. The predicted octanol–water partition coefficient (Wildman–Crippen LogP) is -0.577. The lowest BCUT2D eigenvalue weighted by Crippen LogP contribution is -2.49. The molecule has 33 heavy (non-hydrogen) atoms. The fourth-order valence-corrected chi connectivity index (χ4v) is 8.04. The van der Waals surface area contributed by atoms with Crippen LogP contribution in [0.2, 0.25) is 0 Å². The summed E-state index contributed by atoms with van der Waals surface area (Å²) in [5.74, 6) is -1.49. The Morgan fingerprint density at radius 1 is 1.06 bits per heavy atom. The number of hydrogen-bond acceptors (Lipinski definition) is 12. The molecule has 2 saturated carbocycles. The van der Waals surface area contributed by atoms with Gasteiger partial charge in [0.2, 0.25) is 0 Å². The molecule has 184 valence electrons. The molecule has 4 rings (SSSR count). The number of fused-ring (bicyclic) bond motifs is 2. The number of rotatable bonds is 7. The van der Waals surface area contributed by atoms with Crippen molar-refractivity contribution in [2.75, 3.05) is 5.73 Å². The van der Waals surface area contributed by atoms with Crippen molar-refractivity contribution in [1.29, 1.82) is 0 Å². The smallest absolute Gasteiger partial charge is 0.385 e. The molecule has 2 aliphatic carbocycles. The van der Waals surface area contributed by atoms with E-state index in [9.17, 15) is 33.7 Å². The first-order valence-electron chi connectivity index (χ1n) is 9.11. The maximum atomic E-state index is 12.2. The summed E-state index contributed by atoms with van der Waals surface area (Å²) >= 11 is 0. The highest BCUT2D eigenvalue weighted by atomic mass is 31.3. The molecule has 2 heterocycles. The summed E-state index contributed by atoms with van der Waals surface area (Å²) in [4.78, 5) is 48.4. The van der Waals surface area contributed by atoms with Crippen molar-refractivity contribution in [3.8, 4) is 0 Å². The Morgan fingerprint density at radius 2 is 1.70 bits per heavy atom. The van der Waals surface area contributed by atoms with Crippen molar-refractivity contribution < 1.29 is 56.6 Å². The molecule has 2 aromatic heterocycles. The monoisotopic (exact) mass is 531 g/mol. The second-order valence-electron chi connectivity index (χ2n) is 8.00. The van der Waals surface area contributed by atoms with Gasteiger partial charge in [0.25, 0.3) is 0 Å². The van der Waals surface area contributed by atoms with Crippen LogP contribution in [0.25, 0.3) is 11.2 Å². The van der Waals surface area contributed by atoms with Gasteiger partial charge in [-0.15, -0.1) is 0 Å². The molecule has 17 nitrogen and oxygen atoms in total. The normalized spacial score (nSPS) is 37.5. The van der Waals surface area contributed by atoms with Crippen LogP contribution in [0.15, 0.2) is 12.7 Å². The molecule has 0 saturated heterocycles. The molecule has 2 aliphatic rings. The number of hydrogen-bond donors (Lipinski definition) is 7. The van der Waals surface area contributed by atoms with Gasteiger partial charge in [-0.25, -0.2) is 28.6 Å². The standard InChI is InChI=1S/C13H20N5O12P3/c1-5-6-9(28-32(24,25)30-33(26,27)29-31(21,22)23)13(6,20)12(2,19)8(5)18-4-17-7-10(14)15-3-16-11(7)18/h3-6,8-9,19-20H,1-2H3,(H,24,25)(H,26,27)(H2,14,15,16)(H2,21,22,23)/t5-,6+,8+,9?,12-,13-/m0/s1. The third-order valence-electron chi connectivity index (χ3n) is 5.96. The Kier molecular flexibility index (Phi) is 5.51. The fraction of sp³-hybridized carbons (Fsp3) is 0.615. The lowest BCUT2D eigenvalue weighted by atomic mass is 9.87. The number of aliphatic hydroxyl groups is 2. The third-order valence-corrected chi connectivity index (χ3v) is 9.78. The molecule has 2 fully saturated rings. The molecule has 0 aliphatic heterocycles. The molecule has 0 aromatic carbocycles. The summed E-state index contributed by atoms with van der Waals surface area (Å²) in [5, 5.41) is 22.4. The quantitative estimate of drug-likeness (QED) is 0.220. The molecule has 8 N–H and O–H groups in total. The van der Waals surface area contributed by atoms with E-state index in [4.69, 9.17) is 20.0 Å². The maximum absolute atomic E-state index is 12.2. The molecule has 20 heteroatoms. The summed E-state index contributed by atoms with van der Waals surface area (Å²) in [6.07, 6.45) is 0.994. The Hall–Kier alpha value is -1.32. The van der Waals surface area contributed by atoms with E-state index in [0.29, 0.717) is 0 Å². The first-order valence-corrected chi connectivity index (χ1v) is 13.6. The number of anilines is 1. The number of phosphoric ester groups is 1. The van der Waals surface area contributed by atoms with Gasteiger partial charge in [-0.2, -0.15) is 8.62 Å². The second kappa shape index (κ2) is 7.34. The molecule has 0 bridgehead atoms. The van der Waals surface area contributed by atoms with Crippen LogP contribution in [0.3, 0.4) is 0 Å². The van der Waals surface area contributed by atoms with Crippen LogP contribution in [0, 0.1) is 11.8 Å². The summed E-state index contributed by atoms with van der Waals surface area (Å²) in [6.45, 7) is 2.86. The lowest BCUT2D eigenvalue weighted by Gasteiger charge is -2.36. The molecule has 0 amide bonds. The van der Waals surface area contributed by atoms with Gasteiger partial charge in [0.1, 0.15) is 29.2 Å². The second-order valence-corrected chi connectivity index (χ2v) is 12.4. The highest BCUT2D eigenvalue weighted by Gasteiger charge is 2.84. The Labute approximate surface area is 184 Å². The number of imidazole rings is 1.